The van der Waals surface area contributed by atoms with E-state index in [1.54, 1.807) is 18.4 Å². The number of ether oxygens (including phenoxy) is 1. The molecule has 0 aliphatic rings. The SMILES string of the molecule is COc1ccc2nc(C=Cc3cccc4ccccc34)sc2c1. The van der Waals surface area contributed by atoms with Gasteiger partial charge in [0.1, 0.15) is 10.8 Å². The largest absolute Gasteiger partial charge is 0.497 e. The van der Waals surface area contributed by atoms with Gasteiger partial charge in [0.2, 0.25) is 0 Å². The van der Waals surface area contributed by atoms with Gasteiger partial charge in [0.25, 0.3) is 0 Å². The molecule has 4 aromatic rings. The Morgan fingerprint density at radius 2 is 1.83 bits per heavy atom. The molecule has 0 atom stereocenters. The van der Waals surface area contributed by atoms with Crippen LogP contribution >= 0.6 is 11.3 Å². The standard InChI is InChI=1S/C20H15NOS/c1-22-16-10-11-18-19(13-16)23-20(21-18)12-9-15-7-4-6-14-5-2-3-8-17(14)15/h2-13H,1H3. The van der Waals surface area contributed by atoms with Crippen LogP contribution in [0.2, 0.25) is 0 Å². The molecule has 0 saturated carbocycles. The third-order valence-corrected chi connectivity index (χ3v) is 4.82. The highest BCUT2D eigenvalue weighted by Gasteiger charge is 2.03. The highest BCUT2D eigenvalue weighted by Crippen LogP contribution is 2.28. The number of methoxy groups -OCH3 is 1. The van der Waals surface area contributed by atoms with E-state index in [9.17, 15) is 0 Å². The molecule has 4 rings (SSSR count). The second-order valence-electron chi connectivity index (χ2n) is 5.29. The molecule has 0 aliphatic carbocycles. The van der Waals surface area contributed by atoms with Crippen molar-refractivity contribution < 1.29 is 4.74 Å². The molecule has 1 heterocycles. The number of hydrogen-bond donors (Lipinski definition) is 0. The van der Waals surface area contributed by atoms with Crippen LogP contribution in [0.15, 0.2) is 60.7 Å². The number of thiazole rings is 1. The van der Waals surface area contributed by atoms with Gasteiger partial charge in [0.05, 0.1) is 17.3 Å². The normalized spacial score (nSPS) is 11.5. The van der Waals surface area contributed by atoms with Crippen LogP contribution in [0.3, 0.4) is 0 Å². The zero-order valence-electron chi connectivity index (χ0n) is 12.7. The summed E-state index contributed by atoms with van der Waals surface area (Å²) in [7, 11) is 1.68. The van der Waals surface area contributed by atoms with E-state index < -0.39 is 0 Å². The van der Waals surface area contributed by atoms with Crippen molar-refractivity contribution >= 4 is 44.5 Å². The first-order valence-corrected chi connectivity index (χ1v) is 8.25. The number of hydrogen-bond acceptors (Lipinski definition) is 3. The second-order valence-corrected chi connectivity index (χ2v) is 6.35. The van der Waals surface area contributed by atoms with Gasteiger partial charge in [-0.2, -0.15) is 0 Å². The lowest BCUT2D eigenvalue weighted by Crippen LogP contribution is -1.80. The van der Waals surface area contributed by atoms with E-state index in [1.165, 1.54) is 16.3 Å². The van der Waals surface area contributed by atoms with Crippen molar-refractivity contribution in [3.8, 4) is 5.75 Å². The maximum atomic E-state index is 5.27. The minimum atomic E-state index is 0.866. The van der Waals surface area contributed by atoms with Gasteiger partial charge in [-0.1, -0.05) is 48.5 Å². The van der Waals surface area contributed by atoms with Crippen molar-refractivity contribution in [1.29, 1.82) is 0 Å². The number of benzene rings is 3. The zero-order chi connectivity index (χ0) is 15.6. The maximum absolute atomic E-state index is 5.27. The van der Waals surface area contributed by atoms with Crippen LogP contribution < -0.4 is 4.74 Å². The Labute approximate surface area is 138 Å². The molecule has 0 saturated heterocycles. The van der Waals surface area contributed by atoms with Gasteiger partial charge in [-0.15, -0.1) is 11.3 Å². The first-order chi connectivity index (χ1) is 11.3. The zero-order valence-corrected chi connectivity index (χ0v) is 13.5. The van der Waals surface area contributed by atoms with Crippen LogP contribution in [0.5, 0.6) is 5.75 Å². The van der Waals surface area contributed by atoms with E-state index in [0.29, 0.717) is 0 Å². The fraction of sp³-hybridized carbons (Fsp3) is 0.0500. The summed E-state index contributed by atoms with van der Waals surface area (Å²) in [6, 6.07) is 20.8. The van der Waals surface area contributed by atoms with E-state index in [1.807, 2.05) is 18.2 Å². The van der Waals surface area contributed by atoms with Gasteiger partial charge in [0, 0.05) is 0 Å². The quantitative estimate of drug-likeness (QED) is 0.488. The van der Waals surface area contributed by atoms with Crippen molar-refractivity contribution in [3.05, 3.63) is 71.2 Å². The van der Waals surface area contributed by atoms with Gasteiger partial charge in [0.15, 0.2) is 0 Å². The third-order valence-electron chi connectivity index (χ3n) is 3.84. The lowest BCUT2D eigenvalue weighted by atomic mass is 10.0. The molecule has 23 heavy (non-hydrogen) atoms. The molecule has 3 heteroatoms. The first kappa shape index (κ1) is 14.0. The van der Waals surface area contributed by atoms with E-state index >= 15 is 0 Å². The average Bonchev–Trinajstić information content (AvgIpc) is 3.01. The Kier molecular flexibility index (Phi) is 3.56. The lowest BCUT2D eigenvalue weighted by Gasteiger charge is -2.00. The summed E-state index contributed by atoms with van der Waals surface area (Å²) in [5.74, 6) is 0.866. The van der Waals surface area contributed by atoms with E-state index in [0.717, 1.165) is 21.0 Å². The maximum Gasteiger partial charge on any atom is 0.120 e. The van der Waals surface area contributed by atoms with E-state index in [2.05, 4.69) is 59.6 Å². The summed E-state index contributed by atoms with van der Waals surface area (Å²) in [5.41, 5.74) is 2.22. The van der Waals surface area contributed by atoms with Crippen molar-refractivity contribution in [2.24, 2.45) is 0 Å². The fourth-order valence-corrected chi connectivity index (χ4v) is 3.58. The molecule has 0 amide bonds. The molecule has 3 aromatic carbocycles. The van der Waals surface area contributed by atoms with E-state index in [-0.39, 0.29) is 0 Å². The van der Waals surface area contributed by atoms with Gasteiger partial charge >= 0.3 is 0 Å². The van der Waals surface area contributed by atoms with Crippen LogP contribution in [-0.4, -0.2) is 12.1 Å². The Hall–Kier alpha value is -2.65. The topological polar surface area (TPSA) is 22.1 Å². The molecule has 0 unspecified atom stereocenters. The molecule has 112 valence electrons. The molecule has 0 aliphatic heterocycles. The predicted octanol–water partition coefficient (Wildman–Crippen LogP) is 5.63. The summed E-state index contributed by atoms with van der Waals surface area (Å²) < 4.78 is 6.41. The highest BCUT2D eigenvalue weighted by atomic mass is 32.1. The lowest BCUT2D eigenvalue weighted by molar-refractivity contribution is 0.415. The van der Waals surface area contributed by atoms with Gasteiger partial charge in [-0.3, -0.25) is 0 Å². The number of nitrogens with zero attached hydrogens (tertiary/aromatic N) is 1. The summed E-state index contributed by atoms with van der Waals surface area (Å²) in [6.45, 7) is 0. The number of rotatable bonds is 3. The molecule has 0 bridgehead atoms. The molecule has 1 aromatic heterocycles. The Morgan fingerprint density at radius 1 is 0.957 bits per heavy atom. The molecule has 0 radical (unpaired) electrons. The van der Waals surface area contributed by atoms with Gasteiger partial charge in [-0.25, -0.2) is 4.98 Å². The van der Waals surface area contributed by atoms with Crippen molar-refractivity contribution in [3.63, 3.8) is 0 Å². The van der Waals surface area contributed by atoms with Crippen LogP contribution in [0.25, 0.3) is 33.1 Å². The second kappa shape index (κ2) is 5.86. The van der Waals surface area contributed by atoms with Crippen molar-refractivity contribution in [1.82, 2.24) is 4.98 Å². The minimum absolute atomic E-state index is 0.866. The number of aromatic nitrogens is 1. The third kappa shape index (κ3) is 2.71. The fourth-order valence-electron chi connectivity index (χ4n) is 2.68. The van der Waals surface area contributed by atoms with Gasteiger partial charge < -0.3 is 4.74 Å². The Balaban J connectivity index is 1.72. The minimum Gasteiger partial charge on any atom is -0.497 e. The monoisotopic (exact) mass is 317 g/mol. The van der Waals surface area contributed by atoms with Crippen LogP contribution in [0.4, 0.5) is 0 Å². The van der Waals surface area contributed by atoms with Crippen LogP contribution in [-0.2, 0) is 0 Å². The summed E-state index contributed by atoms with van der Waals surface area (Å²) in [5, 5.41) is 3.51. The van der Waals surface area contributed by atoms with Crippen molar-refractivity contribution in [2.75, 3.05) is 7.11 Å². The van der Waals surface area contributed by atoms with Gasteiger partial charge in [-0.05, 0) is 40.6 Å². The average molecular weight is 317 g/mol. The first-order valence-electron chi connectivity index (χ1n) is 7.44. The molecular weight excluding hydrogens is 302 g/mol. The van der Waals surface area contributed by atoms with Crippen molar-refractivity contribution in [2.45, 2.75) is 0 Å². The molecular formula is C20H15NOS. The summed E-state index contributed by atoms with van der Waals surface area (Å²) in [6.07, 6.45) is 4.22. The molecule has 0 N–H and O–H groups in total. The van der Waals surface area contributed by atoms with E-state index in [4.69, 9.17) is 4.74 Å². The molecule has 0 fully saturated rings. The van der Waals surface area contributed by atoms with Crippen LogP contribution in [0.1, 0.15) is 10.6 Å². The Bertz CT molecular complexity index is 1010. The summed E-state index contributed by atoms with van der Waals surface area (Å²) >= 11 is 1.67. The van der Waals surface area contributed by atoms with Crippen LogP contribution in [0, 0.1) is 0 Å². The highest BCUT2D eigenvalue weighted by molar-refractivity contribution is 7.19. The Morgan fingerprint density at radius 3 is 2.74 bits per heavy atom. The predicted molar refractivity (Wildman–Crippen MR) is 99.0 cm³/mol. The molecule has 0 spiro atoms. The smallest absolute Gasteiger partial charge is 0.120 e. The molecule has 2 nitrogen and oxygen atoms in total. The number of fused-ring (bicyclic) bond motifs is 2. The summed E-state index contributed by atoms with van der Waals surface area (Å²) in [4.78, 5) is 4.66.